The lowest BCUT2D eigenvalue weighted by Crippen LogP contribution is -2.35. The SMILES string of the molecule is CC#C[C@](Cn1cncn1)(OC)c1ccc(Oc2ccc(Cl)cc2)cc1C(F)(F)F. The monoisotopic (exact) mass is 435 g/mol. The first-order valence-corrected chi connectivity index (χ1v) is 9.12. The Kier molecular flexibility index (Phi) is 6.34. The van der Waals surface area contributed by atoms with Gasteiger partial charge in [0.25, 0.3) is 0 Å². The Hall–Kier alpha value is -3.02. The normalized spacial score (nSPS) is 13.3. The van der Waals surface area contributed by atoms with Crippen molar-refractivity contribution in [2.24, 2.45) is 0 Å². The molecule has 0 saturated carbocycles. The summed E-state index contributed by atoms with van der Waals surface area (Å²) in [6.07, 6.45) is -2.00. The molecule has 1 atom stereocenters. The van der Waals surface area contributed by atoms with Crippen LogP contribution >= 0.6 is 11.6 Å². The van der Waals surface area contributed by atoms with Crippen molar-refractivity contribution < 1.29 is 22.6 Å². The van der Waals surface area contributed by atoms with Crippen molar-refractivity contribution in [3.8, 4) is 23.3 Å². The molecule has 5 nitrogen and oxygen atoms in total. The molecular formula is C21H17ClF3N3O2. The van der Waals surface area contributed by atoms with Gasteiger partial charge in [-0.05, 0) is 43.3 Å². The summed E-state index contributed by atoms with van der Waals surface area (Å²) in [5, 5.41) is 4.46. The van der Waals surface area contributed by atoms with Gasteiger partial charge in [-0.1, -0.05) is 23.6 Å². The lowest BCUT2D eigenvalue weighted by Gasteiger charge is -2.30. The molecule has 2 aromatic carbocycles. The van der Waals surface area contributed by atoms with Gasteiger partial charge < -0.3 is 9.47 Å². The zero-order valence-electron chi connectivity index (χ0n) is 16.1. The van der Waals surface area contributed by atoms with Crippen molar-refractivity contribution in [2.45, 2.75) is 25.2 Å². The second-order valence-corrected chi connectivity index (χ2v) is 6.70. The summed E-state index contributed by atoms with van der Waals surface area (Å²) < 4.78 is 54.5. The fraction of sp³-hybridized carbons (Fsp3) is 0.238. The predicted octanol–water partition coefficient (Wildman–Crippen LogP) is 5.31. The van der Waals surface area contributed by atoms with E-state index in [0.717, 1.165) is 6.07 Å². The molecule has 0 fully saturated rings. The molecule has 0 spiro atoms. The molecule has 3 aromatic rings. The van der Waals surface area contributed by atoms with E-state index in [9.17, 15) is 13.2 Å². The molecule has 0 radical (unpaired) electrons. The minimum Gasteiger partial charge on any atom is -0.457 e. The summed E-state index contributed by atoms with van der Waals surface area (Å²) in [7, 11) is 1.31. The number of hydrogen-bond acceptors (Lipinski definition) is 4. The zero-order chi connectivity index (χ0) is 21.8. The number of halogens is 4. The molecule has 0 amide bonds. The molecule has 30 heavy (non-hydrogen) atoms. The third-order valence-corrected chi connectivity index (χ3v) is 4.56. The van der Waals surface area contributed by atoms with Crippen LogP contribution in [0.15, 0.2) is 55.1 Å². The molecule has 0 bridgehead atoms. The summed E-state index contributed by atoms with van der Waals surface area (Å²) in [4.78, 5) is 3.83. The molecule has 1 heterocycles. The number of methoxy groups -OCH3 is 1. The van der Waals surface area contributed by atoms with Gasteiger partial charge in [-0.15, -0.1) is 5.92 Å². The number of aromatic nitrogens is 3. The van der Waals surface area contributed by atoms with Crippen LogP contribution in [0.2, 0.25) is 5.02 Å². The Morgan fingerprint density at radius 2 is 1.77 bits per heavy atom. The van der Waals surface area contributed by atoms with Gasteiger partial charge >= 0.3 is 6.18 Å². The minimum atomic E-state index is -4.67. The highest BCUT2D eigenvalue weighted by Gasteiger charge is 2.42. The van der Waals surface area contributed by atoms with Crippen LogP contribution < -0.4 is 4.74 Å². The lowest BCUT2D eigenvalue weighted by molar-refractivity contribution is -0.140. The number of ether oxygens (including phenoxy) is 2. The van der Waals surface area contributed by atoms with E-state index in [1.165, 1.54) is 43.5 Å². The highest BCUT2D eigenvalue weighted by molar-refractivity contribution is 6.30. The predicted molar refractivity (Wildman–Crippen MR) is 105 cm³/mol. The fourth-order valence-corrected chi connectivity index (χ4v) is 3.10. The van der Waals surface area contributed by atoms with Gasteiger partial charge in [-0.3, -0.25) is 0 Å². The first kappa shape index (κ1) is 21.7. The standard InChI is InChI=1S/C21H17ClF3N3O2/c1-3-10-20(29-2,12-28-14-26-13-27-28)18-9-8-17(11-19(18)21(23,24)25)30-16-6-4-15(22)5-7-16/h4-9,11,13-14H,12H2,1-2H3/t20-/m1/s1. The smallest absolute Gasteiger partial charge is 0.416 e. The molecule has 0 unspecified atom stereocenters. The molecular weight excluding hydrogens is 419 g/mol. The molecule has 3 rings (SSSR count). The van der Waals surface area contributed by atoms with E-state index < -0.39 is 17.3 Å². The van der Waals surface area contributed by atoms with Gasteiger partial charge in [0.15, 0.2) is 5.60 Å². The van der Waals surface area contributed by atoms with E-state index in [0.29, 0.717) is 10.8 Å². The molecule has 0 aliphatic rings. The van der Waals surface area contributed by atoms with E-state index >= 15 is 0 Å². The fourth-order valence-electron chi connectivity index (χ4n) is 2.97. The van der Waals surface area contributed by atoms with Crippen LogP contribution in [0.25, 0.3) is 0 Å². The Balaban J connectivity index is 2.09. The van der Waals surface area contributed by atoms with E-state index in [4.69, 9.17) is 21.1 Å². The van der Waals surface area contributed by atoms with E-state index in [2.05, 4.69) is 21.9 Å². The molecule has 0 N–H and O–H groups in total. The minimum absolute atomic E-state index is 0.0172. The highest BCUT2D eigenvalue weighted by Crippen LogP contribution is 2.41. The van der Waals surface area contributed by atoms with Gasteiger partial charge in [0.1, 0.15) is 24.2 Å². The third-order valence-electron chi connectivity index (χ3n) is 4.31. The van der Waals surface area contributed by atoms with E-state index in [1.807, 2.05) is 0 Å². The van der Waals surface area contributed by atoms with Crippen molar-refractivity contribution >= 4 is 11.6 Å². The summed E-state index contributed by atoms with van der Waals surface area (Å²) in [6, 6.07) is 9.97. The van der Waals surface area contributed by atoms with Crippen molar-refractivity contribution in [3.63, 3.8) is 0 Å². The average molecular weight is 436 g/mol. The first-order chi connectivity index (χ1) is 14.3. The van der Waals surface area contributed by atoms with E-state index in [1.54, 1.807) is 24.3 Å². The van der Waals surface area contributed by atoms with Crippen LogP contribution in [-0.2, 0) is 23.1 Å². The largest absolute Gasteiger partial charge is 0.457 e. The van der Waals surface area contributed by atoms with Crippen LogP contribution in [0.4, 0.5) is 13.2 Å². The maximum atomic E-state index is 14.0. The number of alkyl halides is 3. The summed E-state index contributed by atoms with van der Waals surface area (Å²) in [5.41, 5.74) is -2.66. The van der Waals surface area contributed by atoms with Crippen LogP contribution in [0, 0.1) is 11.8 Å². The van der Waals surface area contributed by atoms with Gasteiger partial charge in [0.05, 0.1) is 12.1 Å². The Labute approximate surface area is 176 Å². The van der Waals surface area contributed by atoms with Crippen LogP contribution in [0.3, 0.4) is 0 Å². The van der Waals surface area contributed by atoms with Crippen LogP contribution in [0.5, 0.6) is 11.5 Å². The number of hydrogen-bond donors (Lipinski definition) is 0. The molecule has 1 aromatic heterocycles. The first-order valence-electron chi connectivity index (χ1n) is 8.74. The molecule has 0 saturated heterocycles. The summed E-state index contributed by atoms with van der Waals surface area (Å²) in [6.45, 7) is 1.45. The number of nitrogens with zero attached hydrogens (tertiary/aromatic N) is 3. The Morgan fingerprint density at radius 1 is 1.07 bits per heavy atom. The topological polar surface area (TPSA) is 49.2 Å². The second-order valence-electron chi connectivity index (χ2n) is 6.26. The Morgan fingerprint density at radius 3 is 2.33 bits per heavy atom. The summed E-state index contributed by atoms with van der Waals surface area (Å²) >= 11 is 5.83. The number of rotatable bonds is 6. The van der Waals surface area contributed by atoms with Crippen molar-refractivity contribution in [1.82, 2.24) is 14.8 Å². The molecule has 156 valence electrons. The average Bonchev–Trinajstić information content (AvgIpc) is 3.21. The van der Waals surface area contributed by atoms with Crippen LogP contribution in [-0.4, -0.2) is 21.9 Å². The zero-order valence-corrected chi connectivity index (χ0v) is 16.8. The van der Waals surface area contributed by atoms with Crippen molar-refractivity contribution in [2.75, 3.05) is 7.11 Å². The van der Waals surface area contributed by atoms with Gasteiger partial charge in [-0.2, -0.15) is 18.3 Å². The molecule has 9 heteroatoms. The highest BCUT2D eigenvalue weighted by atomic mass is 35.5. The molecule has 0 aliphatic carbocycles. The van der Waals surface area contributed by atoms with Gasteiger partial charge in [-0.25, -0.2) is 9.67 Å². The lowest BCUT2D eigenvalue weighted by atomic mass is 9.89. The van der Waals surface area contributed by atoms with Crippen molar-refractivity contribution in [1.29, 1.82) is 0 Å². The number of benzene rings is 2. The Bertz CT molecular complexity index is 1060. The maximum absolute atomic E-state index is 14.0. The second kappa shape index (κ2) is 8.78. The van der Waals surface area contributed by atoms with Gasteiger partial charge in [0.2, 0.25) is 0 Å². The van der Waals surface area contributed by atoms with E-state index in [-0.39, 0.29) is 17.9 Å². The van der Waals surface area contributed by atoms with Gasteiger partial charge in [0, 0.05) is 17.7 Å². The third kappa shape index (κ3) is 4.75. The van der Waals surface area contributed by atoms with Crippen molar-refractivity contribution in [3.05, 3.63) is 71.3 Å². The molecule has 0 aliphatic heterocycles. The maximum Gasteiger partial charge on any atom is 0.416 e. The summed E-state index contributed by atoms with van der Waals surface area (Å²) in [5.74, 6) is 5.81. The van der Waals surface area contributed by atoms with Crippen LogP contribution in [0.1, 0.15) is 18.1 Å². The quantitative estimate of drug-likeness (QED) is 0.492.